The Hall–Kier alpha value is 0.0600. The number of aliphatic hydroxyl groups is 2. The Morgan fingerprint density at radius 3 is 2.64 bits per heavy atom. The maximum Gasteiger partial charge on any atom is 0.162 e. The molecule has 0 aromatic carbocycles. The van der Waals surface area contributed by atoms with Crippen molar-refractivity contribution >= 4 is 28.4 Å². The topological polar surface area (TPSA) is 57.5 Å². The first-order valence-corrected chi connectivity index (χ1v) is 11.1. The molecule has 4 aliphatic carbocycles. The predicted octanol–water partition coefficient (Wildman–Crippen LogP) is 4.04. The fourth-order valence-corrected chi connectivity index (χ4v) is 8.94. The molecule has 2 N–H and O–H groups in total. The Kier molecular flexibility index (Phi) is 4.26. The summed E-state index contributed by atoms with van der Waals surface area (Å²) in [6.07, 6.45) is 9.12. The Labute approximate surface area is 164 Å². The molecule has 4 aliphatic rings. The summed E-state index contributed by atoms with van der Waals surface area (Å²) in [6, 6.07) is 0. The number of aliphatic hydroxyl groups excluding tert-OH is 1. The zero-order valence-electron chi connectivity index (χ0n) is 15.6. The minimum absolute atomic E-state index is 0.0164. The Morgan fingerprint density at radius 2 is 1.96 bits per heavy atom. The van der Waals surface area contributed by atoms with Gasteiger partial charge in [0.25, 0.3) is 0 Å². The maximum absolute atomic E-state index is 12.4. The summed E-state index contributed by atoms with van der Waals surface area (Å²) in [5.41, 5.74) is 0.224. The first-order valence-electron chi connectivity index (χ1n) is 9.89. The molecule has 0 unspecified atom stereocenters. The third-order valence-electron chi connectivity index (χ3n) is 8.79. The zero-order valence-corrected chi connectivity index (χ0v) is 17.8. The summed E-state index contributed by atoms with van der Waals surface area (Å²) >= 11 is 2.33. The van der Waals surface area contributed by atoms with Gasteiger partial charge in [0.2, 0.25) is 0 Å². The Bertz CT molecular complexity index is 631. The molecule has 0 aromatic heterocycles. The summed E-state index contributed by atoms with van der Waals surface area (Å²) in [5, 5.41) is 21.5. The summed E-state index contributed by atoms with van der Waals surface area (Å²) in [5.74, 6) is 1.57. The average Bonchev–Trinajstić information content (AvgIpc) is 2.77. The monoisotopic (exact) mass is 458 g/mol. The number of Topliss-reactive ketones (excluding diaryl/α,β-unsaturated/α-hetero) is 1. The zero-order chi connectivity index (χ0) is 18.2. The minimum atomic E-state index is -1.17. The van der Waals surface area contributed by atoms with Gasteiger partial charge in [0.1, 0.15) is 5.60 Å². The quantitative estimate of drug-likeness (QED) is 0.354. The van der Waals surface area contributed by atoms with Gasteiger partial charge in [-0.1, -0.05) is 48.1 Å². The highest BCUT2D eigenvalue weighted by atomic mass is 127. The van der Waals surface area contributed by atoms with Crippen LogP contribution in [0.4, 0.5) is 0 Å². The standard InChI is InChI=1S/C21H31IO3/c1-12(23)21(25)18(22)11-17-15-5-4-13-10-14(24)6-8-19(13,2)16(15)7-9-20(17,21)3/h4,14-18,24-25H,5-11H2,1-3H3/t14-,15+,16-,17-,18-,19-,20-,21-/m0/s1. The van der Waals surface area contributed by atoms with Crippen LogP contribution in [-0.4, -0.2) is 31.6 Å². The smallest absolute Gasteiger partial charge is 0.162 e. The molecule has 3 fully saturated rings. The van der Waals surface area contributed by atoms with Gasteiger partial charge >= 0.3 is 0 Å². The lowest BCUT2D eigenvalue weighted by molar-refractivity contribution is -0.157. The van der Waals surface area contributed by atoms with Crippen LogP contribution in [0.2, 0.25) is 0 Å². The van der Waals surface area contributed by atoms with E-state index in [1.54, 1.807) is 6.92 Å². The number of carbonyl (C=O) groups is 1. The van der Waals surface area contributed by atoms with Gasteiger partial charge in [-0.2, -0.15) is 0 Å². The van der Waals surface area contributed by atoms with Crippen molar-refractivity contribution < 1.29 is 15.0 Å². The lowest BCUT2D eigenvalue weighted by Crippen LogP contribution is -2.58. The van der Waals surface area contributed by atoms with Crippen molar-refractivity contribution in [2.45, 2.75) is 81.3 Å². The average molecular weight is 458 g/mol. The van der Waals surface area contributed by atoms with Crippen molar-refractivity contribution in [2.75, 3.05) is 0 Å². The van der Waals surface area contributed by atoms with Crippen molar-refractivity contribution in [1.82, 2.24) is 0 Å². The molecule has 3 nitrogen and oxygen atoms in total. The van der Waals surface area contributed by atoms with Gasteiger partial charge < -0.3 is 10.2 Å². The lowest BCUT2D eigenvalue weighted by atomic mass is 9.47. The highest BCUT2D eigenvalue weighted by molar-refractivity contribution is 14.1. The largest absolute Gasteiger partial charge is 0.393 e. The van der Waals surface area contributed by atoms with E-state index < -0.39 is 5.60 Å². The lowest BCUT2D eigenvalue weighted by Gasteiger charge is -2.58. The van der Waals surface area contributed by atoms with Crippen molar-refractivity contribution in [1.29, 1.82) is 0 Å². The van der Waals surface area contributed by atoms with Crippen LogP contribution in [0, 0.1) is 28.6 Å². The Morgan fingerprint density at radius 1 is 1.24 bits per heavy atom. The first kappa shape index (κ1) is 18.4. The van der Waals surface area contributed by atoms with Gasteiger partial charge in [-0.15, -0.1) is 0 Å². The third-order valence-corrected chi connectivity index (χ3v) is 10.2. The number of halogens is 1. The fourth-order valence-electron chi connectivity index (χ4n) is 7.24. The fraction of sp³-hybridized carbons (Fsp3) is 0.857. The molecule has 3 saturated carbocycles. The van der Waals surface area contributed by atoms with E-state index in [9.17, 15) is 15.0 Å². The molecule has 4 heteroatoms. The Balaban J connectivity index is 1.72. The number of hydrogen-bond donors (Lipinski definition) is 2. The predicted molar refractivity (Wildman–Crippen MR) is 107 cm³/mol. The van der Waals surface area contributed by atoms with Crippen LogP contribution < -0.4 is 0 Å². The van der Waals surface area contributed by atoms with Crippen LogP contribution in [0.3, 0.4) is 0 Å². The molecule has 0 radical (unpaired) electrons. The molecule has 0 amide bonds. The number of alkyl halides is 1. The van der Waals surface area contributed by atoms with Gasteiger partial charge in [-0.05, 0) is 75.0 Å². The molecular formula is C21H31IO3. The van der Waals surface area contributed by atoms with Crippen molar-refractivity contribution in [3.63, 3.8) is 0 Å². The van der Waals surface area contributed by atoms with Crippen molar-refractivity contribution in [3.8, 4) is 0 Å². The molecule has 25 heavy (non-hydrogen) atoms. The second-order valence-corrected chi connectivity index (χ2v) is 11.1. The molecule has 0 heterocycles. The number of allylic oxidation sites excluding steroid dienone is 1. The number of rotatable bonds is 1. The van der Waals surface area contributed by atoms with Gasteiger partial charge in [0.15, 0.2) is 5.78 Å². The van der Waals surface area contributed by atoms with Crippen LogP contribution >= 0.6 is 22.6 Å². The highest BCUT2D eigenvalue weighted by Gasteiger charge is 2.68. The third kappa shape index (κ3) is 2.25. The SMILES string of the molecule is CC(=O)[C@]1(O)[C@@H](I)C[C@H]2[C@@H]3CC=C4C[C@@H](O)CC[C@]4(C)[C@H]3CC[C@@]21C. The number of hydrogen-bond acceptors (Lipinski definition) is 3. The van der Waals surface area contributed by atoms with E-state index >= 15 is 0 Å². The second-order valence-electron chi connectivity index (χ2n) is 9.64. The molecular weight excluding hydrogens is 427 g/mol. The minimum Gasteiger partial charge on any atom is -0.393 e. The molecule has 4 rings (SSSR count). The summed E-state index contributed by atoms with van der Waals surface area (Å²) in [6.45, 7) is 6.17. The van der Waals surface area contributed by atoms with Crippen LogP contribution in [0.25, 0.3) is 0 Å². The summed E-state index contributed by atoms with van der Waals surface area (Å²) in [4.78, 5) is 12.4. The molecule has 0 bridgehead atoms. The van der Waals surface area contributed by atoms with E-state index in [0.29, 0.717) is 17.8 Å². The molecule has 0 saturated heterocycles. The maximum atomic E-state index is 12.4. The first-order chi connectivity index (χ1) is 11.6. The number of carbonyl (C=O) groups excluding carboxylic acids is 1. The van der Waals surface area contributed by atoms with Crippen LogP contribution in [0.1, 0.15) is 65.7 Å². The van der Waals surface area contributed by atoms with Crippen LogP contribution in [-0.2, 0) is 4.79 Å². The van der Waals surface area contributed by atoms with E-state index in [4.69, 9.17) is 0 Å². The molecule has 0 aromatic rings. The van der Waals surface area contributed by atoms with E-state index in [0.717, 1.165) is 44.9 Å². The van der Waals surface area contributed by atoms with E-state index in [1.807, 2.05) is 0 Å². The second kappa shape index (κ2) is 5.78. The highest BCUT2D eigenvalue weighted by Crippen LogP contribution is 2.68. The van der Waals surface area contributed by atoms with Gasteiger partial charge in [-0.3, -0.25) is 4.79 Å². The van der Waals surface area contributed by atoms with Gasteiger partial charge in [-0.25, -0.2) is 0 Å². The number of fused-ring (bicyclic) bond motifs is 5. The van der Waals surface area contributed by atoms with Gasteiger partial charge in [0, 0.05) is 9.34 Å². The van der Waals surface area contributed by atoms with Gasteiger partial charge in [0.05, 0.1) is 6.10 Å². The molecule has 8 atom stereocenters. The molecule has 0 aliphatic heterocycles. The van der Waals surface area contributed by atoms with Crippen molar-refractivity contribution in [2.24, 2.45) is 28.6 Å². The van der Waals surface area contributed by atoms with Crippen molar-refractivity contribution in [3.05, 3.63) is 11.6 Å². The van der Waals surface area contributed by atoms with Crippen LogP contribution in [0.5, 0.6) is 0 Å². The normalized spacial score (nSPS) is 55.0. The number of ketones is 1. The molecule has 0 spiro atoms. The van der Waals surface area contributed by atoms with E-state index in [-0.39, 0.29) is 26.6 Å². The van der Waals surface area contributed by atoms with Crippen LogP contribution in [0.15, 0.2) is 11.6 Å². The van der Waals surface area contributed by atoms with E-state index in [2.05, 4.69) is 42.5 Å². The van der Waals surface area contributed by atoms with E-state index in [1.165, 1.54) is 5.57 Å². The summed E-state index contributed by atoms with van der Waals surface area (Å²) in [7, 11) is 0. The molecule has 140 valence electrons. The summed E-state index contributed by atoms with van der Waals surface area (Å²) < 4.78 is 0.0164.